The van der Waals surface area contributed by atoms with Crippen LogP contribution in [0.4, 0.5) is 5.69 Å². The molecule has 4 nitrogen and oxygen atoms in total. The van der Waals surface area contributed by atoms with Crippen molar-refractivity contribution in [3.63, 3.8) is 0 Å². The third-order valence-corrected chi connectivity index (χ3v) is 3.61. The summed E-state index contributed by atoms with van der Waals surface area (Å²) >= 11 is 5.85. The Hall–Kier alpha value is -1.91. The molecule has 0 aliphatic rings. The Labute approximate surface area is 128 Å². The van der Waals surface area contributed by atoms with Crippen molar-refractivity contribution in [2.45, 2.75) is 25.3 Å². The van der Waals surface area contributed by atoms with Crippen molar-refractivity contribution in [3.8, 4) is 0 Å². The molecule has 21 heavy (non-hydrogen) atoms. The summed E-state index contributed by atoms with van der Waals surface area (Å²) in [5.41, 5.74) is 8.47. The highest BCUT2D eigenvalue weighted by molar-refractivity contribution is 6.30. The van der Waals surface area contributed by atoms with Gasteiger partial charge < -0.3 is 5.73 Å². The van der Waals surface area contributed by atoms with Crippen molar-refractivity contribution >= 4 is 17.3 Å². The molecule has 2 aromatic rings. The van der Waals surface area contributed by atoms with Crippen LogP contribution in [0.25, 0.3) is 0 Å². The fraction of sp³-hybridized carbons (Fsp3) is 0.250. The lowest BCUT2D eigenvalue weighted by Crippen LogP contribution is -2.23. The molecule has 0 amide bonds. The Morgan fingerprint density at radius 1 is 1.05 bits per heavy atom. The molecule has 0 spiro atoms. The first-order valence-corrected chi connectivity index (χ1v) is 7.16. The molecular weight excluding hydrogens is 288 g/mol. The summed E-state index contributed by atoms with van der Waals surface area (Å²) in [7, 11) is 0. The molecule has 0 saturated heterocycles. The number of rotatable bonds is 6. The first kappa shape index (κ1) is 15.5. The number of halogens is 1. The molecule has 2 N–H and O–H groups in total. The van der Waals surface area contributed by atoms with Crippen molar-refractivity contribution < 1.29 is 4.92 Å². The SMILES string of the molecule is NC(CCc1ccc([N+](=O)[O-])cc1)Cc1ccc(Cl)cc1. The van der Waals surface area contributed by atoms with E-state index in [-0.39, 0.29) is 11.7 Å². The Morgan fingerprint density at radius 2 is 1.62 bits per heavy atom. The number of hydrogen-bond donors (Lipinski definition) is 1. The average Bonchev–Trinajstić information content (AvgIpc) is 2.48. The predicted molar refractivity (Wildman–Crippen MR) is 84.5 cm³/mol. The van der Waals surface area contributed by atoms with Gasteiger partial charge in [0.15, 0.2) is 0 Å². The van der Waals surface area contributed by atoms with Crippen LogP contribution in [0.5, 0.6) is 0 Å². The van der Waals surface area contributed by atoms with E-state index < -0.39 is 4.92 Å². The van der Waals surface area contributed by atoms with Gasteiger partial charge in [0, 0.05) is 23.2 Å². The molecule has 0 aliphatic heterocycles. The molecule has 0 saturated carbocycles. The molecule has 110 valence electrons. The Kier molecular flexibility index (Phi) is 5.31. The minimum absolute atomic E-state index is 0.0568. The maximum atomic E-state index is 10.6. The van der Waals surface area contributed by atoms with Crippen LogP contribution in [-0.2, 0) is 12.8 Å². The fourth-order valence-corrected chi connectivity index (χ4v) is 2.29. The third-order valence-electron chi connectivity index (χ3n) is 3.36. The summed E-state index contributed by atoms with van der Waals surface area (Å²) in [5, 5.41) is 11.3. The molecular formula is C16H17ClN2O2. The van der Waals surface area contributed by atoms with Crippen LogP contribution in [0.15, 0.2) is 48.5 Å². The minimum atomic E-state index is -0.393. The zero-order valence-electron chi connectivity index (χ0n) is 11.5. The van der Waals surface area contributed by atoms with E-state index >= 15 is 0 Å². The van der Waals surface area contributed by atoms with Crippen molar-refractivity contribution in [2.75, 3.05) is 0 Å². The highest BCUT2D eigenvalue weighted by atomic mass is 35.5. The van der Waals surface area contributed by atoms with E-state index in [9.17, 15) is 10.1 Å². The van der Waals surface area contributed by atoms with E-state index in [4.69, 9.17) is 17.3 Å². The lowest BCUT2D eigenvalue weighted by Gasteiger charge is -2.11. The Morgan fingerprint density at radius 3 is 2.19 bits per heavy atom. The molecule has 0 aliphatic carbocycles. The number of nitro benzene ring substituents is 1. The maximum absolute atomic E-state index is 10.6. The second-order valence-corrected chi connectivity index (χ2v) is 5.49. The van der Waals surface area contributed by atoms with Gasteiger partial charge in [0.25, 0.3) is 5.69 Å². The largest absolute Gasteiger partial charge is 0.327 e. The highest BCUT2D eigenvalue weighted by Crippen LogP contribution is 2.15. The number of benzene rings is 2. The van der Waals surface area contributed by atoms with Crippen LogP contribution in [0.2, 0.25) is 5.02 Å². The summed E-state index contributed by atoms with van der Waals surface area (Å²) in [6.45, 7) is 0. The smallest absolute Gasteiger partial charge is 0.269 e. The average molecular weight is 305 g/mol. The molecule has 0 heterocycles. The van der Waals surface area contributed by atoms with Crippen LogP contribution >= 0.6 is 11.6 Å². The predicted octanol–water partition coefficient (Wildman–Crippen LogP) is 3.75. The topological polar surface area (TPSA) is 69.2 Å². The van der Waals surface area contributed by atoms with E-state index in [0.29, 0.717) is 0 Å². The monoisotopic (exact) mass is 304 g/mol. The first-order valence-electron chi connectivity index (χ1n) is 6.78. The number of nitrogens with two attached hydrogens (primary N) is 1. The van der Waals surface area contributed by atoms with E-state index in [1.165, 1.54) is 12.1 Å². The summed E-state index contributed by atoms with van der Waals surface area (Å²) in [4.78, 5) is 10.2. The number of aryl methyl sites for hydroxylation is 1. The molecule has 0 bridgehead atoms. The van der Waals surface area contributed by atoms with Crippen molar-refractivity contribution in [1.29, 1.82) is 0 Å². The van der Waals surface area contributed by atoms with Gasteiger partial charge in [0.2, 0.25) is 0 Å². The number of hydrogen-bond acceptors (Lipinski definition) is 3. The second-order valence-electron chi connectivity index (χ2n) is 5.05. The van der Waals surface area contributed by atoms with Gasteiger partial charge in [-0.1, -0.05) is 35.9 Å². The molecule has 1 unspecified atom stereocenters. The fourth-order valence-electron chi connectivity index (χ4n) is 2.16. The third kappa shape index (κ3) is 4.85. The molecule has 2 rings (SSSR count). The lowest BCUT2D eigenvalue weighted by atomic mass is 10.00. The molecule has 5 heteroatoms. The Bertz CT molecular complexity index is 597. The van der Waals surface area contributed by atoms with Crippen LogP contribution in [0, 0.1) is 10.1 Å². The minimum Gasteiger partial charge on any atom is -0.327 e. The van der Waals surface area contributed by atoms with Crippen LogP contribution in [0.3, 0.4) is 0 Å². The van der Waals surface area contributed by atoms with E-state index in [0.717, 1.165) is 35.4 Å². The van der Waals surface area contributed by atoms with Crippen molar-refractivity contribution in [2.24, 2.45) is 5.73 Å². The summed E-state index contributed by atoms with van der Waals surface area (Å²) in [6.07, 6.45) is 2.44. The Balaban J connectivity index is 1.84. The standard InChI is InChI=1S/C16H17ClN2O2/c17-14-6-1-13(2-7-14)11-15(18)8-3-12-4-9-16(10-5-12)19(20)21/h1-2,4-7,9-10,15H,3,8,11,18H2. The van der Waals surface area contributed by atoms with Crippen molar-refractivity contribution in [3.05, 3.63) is 74.8 Å². The number of nitro groups is 1. The van der Waals surface area contributed by atoms with Crippen molar-refractivity contribution in [1.82, 2.24) is 0 Å². The first-order chi connectivity index (χ1) is 10.0. The van der Waals surface area contributed by atoms with Gasteiger partial charge in [-0.05, 0) is 42.5 Å². The molecule has 1 atom stereocenters. The molecule has 0 fully saturated rings. The zero-order chi connectivity index (χ0) is 15.2. The van der Waals surface area contributed by atoms with Crippen LogP contribution < -0.4 is 5.73 Å². The van der Waals surface area contributed by atoms with Gasteiger partial charge in [-0.2, -0.15) is 0 Å². The van der Waals surface area contributed by atoms with Gasteiger partial charge in [-0.15, -0.1) is 0 Å². The maximum Gasteiger partial charge on any atom is 0.269 e. The van der Waals surface area contributed by atoms with Crippen LogP contribution in [0.1, 0.15) is 17.5 Å². The van der Waals surface area contributed by atoms with Gasteiger partial charge in [0.1, 0.15) is 0 Å². The van der Waals surface area contributed by atoms with Gasteiger partial charge in [0.05, 0.1) is 4.92 Å². The van der Waals surface area contributed by atoms with E-state index in [1.54, 1.807) is 12.1 Å². The summed E-state index contributed by atoms with van der Waals surface area (Å²) < 4.78 is 0. The van der Waals surface area contributed by atoms with Crippen LogP contribution in [-0.4, -0.2) is 11.0 Å². The number of non-ortho nitro benzene ring substituents is 1. The molecule has 0 aromatic heterocycles. The zero-order valence-corrected chi connectivity index (χ0v) is 12.3. The van der Waals surface area contributed by atoms with E-state index in [1.807, 2.05) is 24.3 Å². The lowest BCUT2D eigenvalue weighted by molar-refractivity contribution is -0.384. The summed E-state index contributed by atoms with van der Waals surface area (Å²) in [5.74, 6) is 0. The van der Waals surface area contributed by atoms with Gasteiger partial charge in [-0.25, -0.2) is 0 Å². The summed E-state index contributed by atoms with van der Waals surface area (Å²) in [6, 6.07) is 14.4. The van der Waals surface area contributed by atoms with E-state index in [2.05, 4.69) is 0 Å². The van der Waals surface area contributed by atoms with Gasteiger partial charge >= 0.3 is 0 Å². The highest BCUT2D eigenvalue weighted by Gasteiger charge is 2.07. The molecule has 0 radical (unpaired) electrons. The normalized spacial score (nSPS) is 12.1. The second kappa shape index (κ2) is 7.20. The quantitative estimate of drug-likeness (QED) is 0.652. The number of nitrogens with zero attached hydrogens (tertiary/aromatic N) is 1. The van der Waals surface area contributed by atoms with Gasteiger partial charge in [-0.3, -0.25) is 10.1 Å². The molecule has 2 aromatic carbocycles.